The van der Waals surface area contributed by atoms with Gasteiger partial charge in [0.25, 0.3) is 0 Å². The van der Waals surface area contributed by atoms with Crippen LogP contribution in [0.5, 0.6) is 0 Å². The zero-order valence-electron chi connectivity index (χ0n) is 44.1. The van der Waals surface area contributed by atoms with Gasteiger partial charge in [0.2, 0.25) is 0 Å². The van der Waals surface area contributed by atoms with E-state index in [1.54, 1.807) is 0 Å². The Hall–Kier alpha value is -10.0. The maximum atomic E-state index is 2.49. The van der Waals surface area contributed by atoms with Crippen molar-refractivity contribution in [3.05, 3.63) is 302 Å². The van der Waals surface area contributed by atoms with Gasteiger partial charge in [0.1, 0.15) is 0 Å². The molecule has 79 heavy (non-hydrogen) atoms. The molecule has 372 valence electrons. The van der Waals surface area contributed by atoms with E-state index < -0.39 is 0 Å². The predicted molar refractivity (Wildman–Crippen MR) is 335 cm³/mol. The maximum absolute atomic E-state index is 2.49. The molecule has 0 saturated heterocycles. The van der Waals surface area contributed by atoms with Crippen LogP contribution in [0.4, 0.5) is 17.1 Å². The first-order chi connectivity index (χ1) is 38.9. The molecule has 0 radical (unpaired) electrons. The molecule has 0 saturated carbocycles. The normalized spacial score (nSPS) is 12.5. The average Bonchev–Trinajstić information content (AvgIpc) is 4.22. The Kier molecular flexibility index (Phi) is 10.9. The largest absolute Gasteiger partial charge is 0.310 e. The minimum absolute atomic E-state index is 0.272. The maximum Gasteiger partial charge on any atom is 0.0541 e. The van der Waals surface area contributed by atoms with Crippen LogP contribution in [0.3, 0.4) is 0 Å². The van der Waals surface area contributed by atoms with Crippen molar-refractivity contribution in [2.45, 2.75) is 19.3 Å². The van der Waals surface area contributed by atoms with Crippen LogP contribution in [0.2, 0.25) is 0 Å². The van der Waals surface area contributed by atoms with Crippen LogP contribution in [-0.2, 0) is 5.41 Å². The summed E-state index contributed by atoms with van der Waals surface area (Å²) in [5.74, 6) is 0. The van der Waals surface area contributed by atoms with Crippen LogP contribution in [0.1, 0.15) is 25.0 Å². The van der Waals surface area contributed by atoms with Gasteiger partial charge < -0.3 is 9.47 Å². The van der Waals surface area contributed by atoms with Gasteiger partial charge in [-0.25, -0.2) is 0 Å². The lowest BCUT2D eigenvalue weighted by molar-refractivity contribution is 0.660. The van der Waals surface area contributed by atoms with E-state index >= 15 is 0 Å². The van der Waals surface area contributed by atoms with Gasteiger partial charge in [0.15, 0.2) is 0 Å². The molecule has 0 fully saturated rings. The topological polar surface area (TPSA) is 8.17 Å². The summed E-state index contributed by atoms with van der Waals surface area (Å²) in [6.07, 6.45) is 0. The van der Waals surface area contributed by atoms with Gasteiger partial charge in [0.05, 0.1) is 11.0 Å². The smallest absolute Gasteiger partial charge is 0.0541 e. The molecule has 0 amide bonds. The van der Waals surface area contributed by atoms with Crippen molar-refractivity contribution >= 4 is 60.4 Å². The number of aromatic nitrogens is 1. The molecule has 0 spiro atoms. The van der Waals surface area contributed by atoms with Crippen molar-refractivity contribution in [1.29, 1.82) is 0 Å². The van der Waals surface area contributed by atoms with Crippen LogP contribution in [-0.4, -0.2) is 4.57 Å². The van der Waals surface area contributed by atoms with E-state index in [-0.39, 0.29) is 5.41 Å². The molecular formula is C77H54N2. The summed E-state index contributed by atoms with van der Waals surface area (Å²) in [5, 5.41) is 7.51. The first-order valence-corrected chi connectivity index (χ1v) is 27.5. The summed E-state index contributed by atoms with van der Waals surface area (Å²) >= 11 is 0. The number of rotatable bonds is 9. The average molecular weight is 1010 g/mol. The van der Waals surface area contributed by atoms with Crippen LogP contribution in [0.15, 0.2) is 291 Å². The molecule has 0 unspecified atom stereocenters. The lowest BCUT2D eigenvalue weighted by atomic mass is 9.80. The molecule has 0 bridgehead atoms. The monoisotopic (exact) mass is 1010 g/mol. The molecule has 13 aromatic carbocycles. The van der Waals surface area contributed by atoms with Gasteiger partial charge in [-0.2, -0.15) is 0 Å². The number of nitrogens with zero attached hydrogens (tertiary/aromatic N) is 2. The summed E-state index contributed by atoms with van der Waals surface area (Å²) in [6, 6.07) is 107. The lowest BCUT2D eigenvalue weighted by Crippen LogP contribution is -2.16. The molecule has 1 aliphatic carbocycles. The second-order valence-electron chi connectivity index (χ2n) is 21.6. The number of para-hydroxylation sites is 1. The van der Waals surface area contributed by atoms with E-state index in [9.17, 15) is 0 Å². The highest BCUT2D eigenvalue weighted by Gasteiger charge is 2.37. The lowest BCUT2D eigenvalue weighted by Gasteiger charge is -2.28. The highest BCUT2D eigenvalue weighted by Crippen LogP contribution is 2.53. The van der Waals surface area contributed by atoms with Crippen molar-refractivity contribution in [2.75, 3.05) is 4.90 Å². The van der Waals surface area contributed by atoms with Gasteiger partial charge in [-0.05, 0) is 178 Å². The fraction of sp³-hybridized carbons (Fsp3) is 0.0390. The molecule has 1 aromatic heterocycles. The molecular weight excluding hydrogens is 953 g/mol. The van der Waals surface area contributed by atoms with Gasteiger partial charge in [0, 0.05) is 38.9 Å². The molecule has 2 heteroatoms. The minimum Gasteiger partial charge on any atom is -0.310 e. The zero-order valence-corrected chi connectivity index (χ0v) is 44.1. The predicted octanol–water partition coefficient (Wildman–Crippen LogP) is 21.2. The summed E-state index contributed by atoms with van der Waals surface area (Å²) in [5.41, 5.74) is 24.1. The summed E-state index contributed by atoms with van der Waals surface area (Å²) in [4.78, 5) is 2.41. The Labute approximate surface area is 461 Å². The van der Waals surface area contributed by atoms with E-state index in [0.717, 1.165) is 22.7 Å². The Morgan fingerprint density at radius 2 is 0.633 bits per heavy atom. The van der Waals surface area contributed by atoms with Crippen molar-refractivity contribution in [3.63, 3.8) is 0 Å². The van der Waals surface area contributed by atoms with Gasteiger partial charge in [-0.15, -0.1) is 0 Å². The number of hydrogen-bond donors (Lipinski definition) is 0. The number of fused-ring (bicyclic) bond motifs is 8. The first kappa shape index (κ1) is 46.3. The van der Waals surface area contributed by atoms with Crippen LogP contribution in [0.25, 0.3) is 116 Å². The minimum atomic E-state index is -0.272. The molecule has 0 aliphatic heterocycles. The Morgan fingerprint density at radius 1 is 0.266 bits per heavy atom. The van der Waals surface area contributed by atoms with Crippen molar-refractivity contribution in [3.8, 4) is 72.4 Å². The Balaban J connectivity index is 0.808. The van der Waals surface area contributed by atoms with E-state index in [0.29, 0.717) is 0 Å². The fourth-order valence-electron chi connectivity index (χ4n) is 12.9. The van der Waals surface area contributed by atoms with E-state index in [2.05, 4.69) is 315 Å². The van der Waals surface area contributed by atoms with Crippen molar-refractivity contribution < 1.29 is 0 Å². The van der Waals surface area contributed by atoms with Crippen LogP contribution in [0, 0.1) is 0 Å². The van der Waals surface area contributed by atoms with Crippen LogP contribution >= 0.6 is 0 Å². The molecule has 1 heterocycles. The molecule has 1 aliphatic rings. The summed E-state index contributed by atoms with van der Waals surface area (Å²) < 4.78 is 2.43. The Bertz CT molecular complexity index is 4480. The van der Waals surface area contributed by atoms with Crippen LogP contribution < -0.4 is 4.90 Å². The number of anilines is 3. The zero-order chi connectivity index (χ0) is 52.6. The van der Waals surface area contributed by atoms with E-state index in [4.69, 9.17) is 0 Å². The van der Waals surface area contributed by atoms with Gasteiger partial charge >= 0.3 is 0 Å². The number of benzene rings is 13. The standard InChI is InChI=1S/C77H54N2/c1-77(2)71-49-58(76-67-29-17-15-27-65(67)75(66-28-16-18-30-68(66)76)55-33-31-54(32-34-55)51-19-7-3-8-20-51)35-43-63(71)64-44-42-62(50-72(64)77)78(59-25-13-6-14-26-59)60-38-40-61(41-39-60)79-73-45-36-56(52-21-9-4-10-22-52)47-69(73)70-48-57(37-46-74(70)79)53-23-11-5-12-24-53/h3-50H,1-2H3. The van der Waals surface area contributed by atoms with Crippen molar-refractivity contribution in [2.24, 2.45) is 0 Å². The molecule has 15 rings (SSSR count). The third-order valence-corrected chi connectivity index (χ3v) is 16.8. The SMILES string of the molecule is CC1(C)c2cc(-c3c4ccccc4c(-c4ccc(-c5ccccc5)cc4)c4ccccc34)ccc2-c2ccc(N(c3ccccc3)c3ccc(-n4c5ccc(-c6ccccc6)cc5c5cc(-c6ccccc6)ccc54)cc3)cc21. The van der Waals surface area contributed by atoms with E-state index in [1.807, 2.05) is 0 Å². The van der Waals surface area contributed by atoms with E-state index in [1.165, 1.54) is 121 Å². The molecule has 2 nitrogen and oxygen atoms in total. The molecule has 0 atom stereocenters. The fourth-order valence-corrected chi connectivity index (χ4v) is 12.9. The summed E-state index contributed by atoms with van der Waals surface area (Å²) in [7, 11) is 0. The highest BCUT2D eigenvalue weighted by atomic mass is 15.1. The second-order valence-corrected chi connectivity index (χ2v) is 21.6. The second kappa shape index (κ2) is 18.6. The van der Waals surface area contributed by atoms with Crippen molar-refractivity contribution in [1.82, 2.24) is 4.57 Å². The molecule has 14 aromatic rings. The third-order valence-electron chi connectivity index (χ3n) is 16.8. The third kappa shape index (κ3) is 7.71. The molecule has 0 N–H and O–H groups in total. The van der Waals surface area contributed by atoms with Gasteiger partial charge in [-0.1, -0.05) is 226 Å². The Morgan fingerprint density at radius 3 is 1.15 bits per heavy atom. The summed E-state index contributed by atoms with van der Waals surface area (Å²) in [6.45, 7) is 4.81. The number of hydrogen-bond acceptors (Lipinski definition) is 1. The highest BCUT2D eigenvalue weighted by molar-refractivity contribution is 6.21. The van der Waals surface area contributed by atoms with Gasteiger partial charge in [-0.3, -0.25) is 0 Å². The quantitative estimate of drug-likeness (QED) is 0.131. The first-order valence-electron chi connectivity index (χ1n) is 27.5.